The minimum Gasteiger partial charge on any atom is -0.480 e. The van der Waals surface area contributed by atoms with E-state index in [-0.39, 0.29) is 6.54 Å². The monoisotopic (exact) mass is 216 g/mol. The summed E-state index contributed by atoms with van der Waals surface area (Å²) in [5.41, 5.74) is 0. The van der Waals surface area contributed by atoms with Gasteiger partial charge < -0.3 is 10.4 Å². The maximum atomic E-state index is 10.4. The van der Waals surface area contributed by atoms with E-state index in [0.717, 1.165) is 32.5 Å². The number of piperidine rings is 1. The van der Waals surface area contributed by atoms with Crippen LogP contribution in [0, 0.1) is 0 Å². The second-order valence-electron chi connectivity index (χ2n) is 3.50. The lowest BCUT2D eigenvalue weighted by atomic mass is 10.1. The van der Waals surface area contributed by atoms with Crippen LogP contribution in [0.15, 0.2) is 0 Å². The Kier molecular flexibility index (Phi) is 8.33. The molecule has 0 unspecified atom stereocenters. The number of hydrogen-bond acceptors (Lipinski definition) is 3. The quantitative estimate of drug-likeness (QED) is 0.740. The molecule has 0 atom stereocenters. The number of likely N-dealkylation sites (tertiary alicyclic amines) is 1. The summed E-state index contributed by atoms with van der Waals surface area (Å²) in [4.78, 5) is 12.4. The summed E-state index contributed by atoms with van der Waals surface area (Å²) in [7, 11) is 0. The summed E-state index contributed by atoms with van der Waals surface area (Å²) < 4.78 is 0. The normalized spacial score (nSPS) is 18.1. The van der Waals surface area contributed by atoms with Gasteiger partial charge in [-0.05, 0) is 19.4 Å². The highest BCUT2D eigenvalue weighted by atomic mass is 16.4. The van der Waals surface area contributed by atoms with Gasteiger partial charge in [-0.3, -0.25) is 9.69 Å². The van der Waals surface area contributed by atoms with Gasteiger partial charge >= 0.3 is 5.97 Å². The third-order valence-corrected chi connectivity index (χ3v) is 2.44. The van der Waals surface area contributed by atoms with Gasteiger partial charge in [-0.1, -0.05) is 20.8 Å². The van der Waals surface area contributed by atoms with E-state index in [4.69, 9.17) is 5.11 Å². The van der Waals surface area contributed by atoms with Crippen LogP contribution in [0.5, 0.6) is 0 Å². The van der Waals surface area contributed by atoms with Crippen molar-refractivity contribution < 1.29 is 9.90 Å². The highest BCUT2D eigenvalue weighted by molar-refractivity contribution is 5.69. The molecular formula is C11H24N2O2. The zero-order chi connectivity index (χ0) is 11.7. The van der Waals surface area contributed by atoms with Gasteiger partial charge in [-0.2, -0.15) is 0 Å². The Balaban J connectivity index is 0.000000921. The molecule has 0 spiro atoms. The fraction of sp³-hybridized carbons (Fsp3) is 0.909. The summed E-state index contributed by atoms with van der Waals surface area (Å²) in [6, 6.07) is 0.593. The molecule has 0 aromatic carbocycles. The van der Waals surface area contributed by atoms with Crippen LogP contribution in [0.3, 0.4) is 0 Å². The van der Waals surface area contributed by atoms with Crippen LogP contribution < -0.4 is 5.32 Å². The van der Waals surface area contributed by atoms with Crippen molar-refractivity contribution in [2.75, 3.05) is 26.2 Å². The maximum Gasteiger partial charge on any atom is 0.317 e. The topological polar surface area (TPSA) is 52.6 Å². The summed E-state index contributed by atoms with van der Waals surface area (Å²) in [6.45, 7) is 9.11. The van der Waals surface area contributed by atoms with Crippen molar-refractivity contribution >= 4 is 5.97 Å². The average Bonchev–Trinajstić information content (AvgIpc) is 2.24. The van der Waals surface area contributed by atoms with Crippen molar-refractivity contribution in [2.45, 2.75) is 39.7 Å². The lowest BCUT2D eigenvalue weighted by Crippen LogP contribution is -2.44. The molecule has 0 bridgehead atoms. The molecule has 15 heavy (non-hydrogen) atoms. The zero-order valence-electron chi connectivity index (χ0n) is 10.1. The zero-order valence-corrected chi connectivity index (χ0v) is 10.1. The van der Waals surface area contributed by atoms with Gasteiger partial charge in [0.25, 0.3) is 0 Å². The smallest absolute Gasteiger partial charge is 0.317 e. The first kappa shape index (κ1) is 14.4. The number of nitrogens with zero attached hydrogens (tertiary/aromatic N) is 1. The lowest BCUT2D eigenvalue weighted by molar-refractivity contribution is -0.138. The first-order valence-electron chi connectivity index (χ1n) is 5.90. The number of carboxylic acids is 1. The molecule has 1 fully saturated rings. The predicted molar refractivity (Wildman–Crippen MR) is 62.1 cm³/mol. The maximum absolute atomic E-state index is 10.4. The molecule has 1 saturated heterocycles. The standard InChI is InChI=1S/C9H18N2O2.C2H6/c1-2-10-8-3-5-11(6-4-8)7-9(12)13;1-2/h8,10H,2-7H2,1H3,(H,12,13);1-2H3. The molecule has 1 rings (SSSR count). The molecule has 2 N–H and O–H groups in total. The van der Waals surface area contributed by atoms with Crippen molar-refractivity contribution in [3.05, 3.63) is 0 Å². The van der Waals surface area contributed by atoms with Crippen LogP contribution in [0.25, 0.3) is 0 Å². The second kappa shape index (κ2) is 8.68. The third-order valence-electron chi connectivity index (χ3n) is 2.44. The molecule has 4 heteroatoms. The van der Waals surface area contributed by atoms with Gasteiger partial charge in [-0.25, -0.2) is 0 Å². The Hall–Kier alpha value is -0.610. The van der Waals surface area contributed by atoms with E-state index in [9.17, 15) is 4.79 Å². The van der Waals surface area contributed by atoms with Crippen molar-refractivity contribution in [1.82, 2.24) is 10.2 Å². The molecule has 1 aliphatic rings. The number of hydrogen-bond donors (Lipinski definition) is 2. The number of aliphatic carboxylic acids is 1. The van der Waals surface area contributed by atoms with Crippen LogP contribution in [0.1, 0.15) is 33.6 Å². The van der Waals surface area contributed by atoms with Crippen molar-refractivity contribution in [1.29, 1.82) is 0 Å². The number of rotatable bonds is 4. The Morgan fingerprint density at radius 1 is 1.40 bits per heavy atom. The van der Waals surface area contributed by atoms with E-state index < -0.39 is 5.97 Å². The van der Waals surface area contributed by atoms with E-state index in [1.165, 1.54) is 0 Å². The highest BCUT2D eigenvalue weighted by Gasteiger charge is 2.19. The molecule has 1 aliphatic heterocycles. The SMILES string of the molecule is CC.CCNC1CCN(CC(=O)O)CC1. The van der Waals surface area contributed by atoms with Gasteiger partial charge in [0.05, 0.1) is 6.54 Å². The molecule has 0 amide bonds. The van der Waals surface area contributed by atoms with Crippen molar-refractivity contribution in [3.63, 3.8) is 0 Å². The second-order valence-corrected chi connectivity index (χ2v) is 3.50. The van der Waals surface area contributed by atoms with E-state index in [0.29, 0.717) is 6.04 Å². The summed E-state index contributed by atoms with van der Waals surface area (Å²) in [5.74, 6) is -0.720. The van der Waals surface area contributed by atoms with Crippen LogP contribution in [-0.4, -0.2) is 48.2 Å². The number of carbonyl (C=O) groups is 1. The van der Waals surface area contributed by atoms with E-state index in [2.05, 4.69) is 12.2 Å². The minimum absolute atomic E-state index is 0.193. The minimum atomic E-state index is -0.720. The number of nitrogens with one attached hydrogen (secondary N) is 1. The Labute approximate surface area is 92.7 Å². The fourth-order valence-corrected chi connectivity index (χ4v) is 1.78. The van der Waals surface area contributed by atoms with Gasteiger partial charge in [0.15, 0.2) is 0 Å². The van der Waals surface area contributed by atoms with E-state index in [1.54, 1.807) is 0 Å². The van der Waals surface area contributed by atoms with Gasteiger partial charge in [0, 0.05) is 19.1 Å². The molecule has 0 aromatic heterocycles. The van der Waals surface area contributed by atoms with Crippen molar-refractivity contribution in [3.8, 4) is 0 Å². The fourth-order valence-electron chi connectivity index (χ4n) is 1.78. The average molecular weight is 216 g/mol. The molecule has 0 radical (unpaired) electrons. The van der Waals surface area contributed by atoms with Crippen LogP contribution in [0.2, 0.25) is 0 Å². The first-order chi connectivity index (χ1) is 7.22. The molecule has 1 heterocycles. The summed E-state index contributed by atoms with van der Waals surface area (Å²) >= 11 is 0. The summed E-state index contributed by atoms with van der Waals surface area (Å²) in [6.07, 6.45) is 2.14. The molecule has 0 aliphatic carbocycles. The summed E-state index contributed by atoms with van der Waals surface area (Å²) in [5, 5.41) is 12.0. The van der Waals surface area contributed by atoms with Crippen LogP contribution >= 0.6 is 0 Å². The predicted octanol–water partition coefficient (Wildman–Crippen LogP) is 1.17. The van der Waals surface area contributed by atoms with Gasteiger partial charge in [-0.15, -0.1) is 0 Å². The number of carboxylic acid groups (broad SMARTS) is 1. The van der Waals surface area contributed by atoms with Crippen molar-refractivity contribution in [2.24, 2.45) is 0 Å². The Morgan fingerprint density at radius 2 is 1.93 bits per heavy atom. The van der Waals surface area contributed by atoms with E-state index in [1.807, 2.05) is 18.7 Å². The largest absolute Gasteiger partial charge is 0.480 e. The van der Waals surface area contributed by atoms with Gasteiger partial charge in [0.2, 0.25) is 0 Å². The lowest BCUT2D eigenvalue weighted by Gasteiger charge is -2.30. The van der Waals surface area contributed by atoms with Gasteiger partial charge in [0.1, 0.15) is 0 Å². The molecule has 90 valence electrons. The third kappa shape index (κ3) is 6.47. The van der Waals surface area contributed by atoms with Crippen LogP contribution in [-0.2, 0) is 4.79 Å². The molecule has 4 nitrogen and oxygen atoms in total. The Morgan fingerprint density at radius 3 is 2.33 bits per heavy atom. The Bertz CT molecular complexity index is 166. The first-order valence-corrected chi connectivity index (χ1v) is 5.90. The van der Waals surface area contributed by atoms with E-state index >= 15 is 0 Å². The van der Waals surface area contributed by atoms with Crippen LogP contribution in [0.4, 0.5) is 0 Å². The molecule has 0 aromatic rings. The highest BCUT2D eigenvalue weighted by Crippen LogP contribution is 2.09. The molecular weight excluding hydrogens is 192 g/mol. The molecule has 0 saturated carbocycles.